The SMILES string of the molecule is CC1=C(CC(=O)Cl)c2cc(F)c(F)cc2C1=Cc1ccc(S(C)(=O)=O)cc1. The van der Waals surface area contributed by atoms with Crippen LogP contribution in [0.15, 0.2) is 46.9 Å². The Labute approximate surface area is 160 Å². The fraction of sp³-hybridized carbons (Fsp3) is 0.150. The van der Waals surface area contributed by atoms with E-state index >= 15 is 0 Å². The van der Waals surface area contributed by atoms with E-state index in [-0.39, 0.29) is 11.3 Å². The number of allylic oxidation sites excluding steroid dienone is 3. The van der Waals surface area contributed by atoms with Crippen molar-refractivity contribution in [1.29, 1.82) is 0 Å². The molecule has 0 aliphatic heterocycles. The standard InChI is InChI=1S/C20H15ClF2O3S/c1-11-14(7-12-3-5-13(6-4-12)27(2,25)26)16-8-18(22)19(23)9-17(16)15(11)10-20(21)24/h3-9H,10H2,1-2H3. The van der Waals surface area contributed by atoms with Gasteiger partial charge in [-0.1, -0.05) is 12.1 Å². The fourth-order valence-corrected chi connectivity index (χ4v) is 3.88. The molecule has 3 nitrogen and oxygen atoms in total. The van der Waals surface area contributed by atoms with Crippen LogP contribution >= 0.6 is 11.6 Å². The first kappa shape index (κ1) is 19.5. The number of carbonyl (C=O) groups excluding carboxylic acids is 1. The summed E-state index contributed by atoms with van der Waals surface area (Å²) >= 11 is 5.51. The summed E-state index contributed by atoms with van der Waals surface area (Å²) in [4.78, 5) is 11.6. The molecule has 1 aliphatic rings. The Morgan fingerprint density at radius 1 is 1.07 bits per heavy atom. The molecule has 2 aromatic carbocycles. The van der Waals surface area contributed by atoms with Gasteiger partial charge in [0.2, 0.25) is 5.24 Å². The average Bonchev–Trinajstić information content (AvgIpc) is 2.80. The highest BCUT2D eigenvalue weighted by Crippen LogP contribution is 2.44. The van der Waals surface area contributed by atoms with Gasteiger partial charge in [-0.3, -0.25) is 4.79 Å². The first-order valence-corrected chi connectivity index (χ1v) is 10.2. The zero-order valence-corrected chi connectivity index (χ0v) is 16.1. The van der Waals surface area contributed by atoms with Gasteiger partial charge in [0.15, 0.2) is 21.5 Å². The Bertz CT molecular complexity index is 1110. The minimum Gasteiger partial charge on any atom is -0.281 e. The zero-order chi connectivity index (χ0) is 19.9. The molecule has 0 N–H and O–H groups in total. The van der Waals surface area contributed by atoms with Crippen molar-refractivity contribution in [3.8, 4) is 0 Å². The van der Waals surface area contributed by atoms with Gasteiger partial charge in [-0.2, -0.15) is 0 Å². The summed E-state index contributed by atoms with van der Waals surface area (Å²) in [5, 5.41) is -0.598. The van der Waals surface area contributed by atoms with E-state index in [0.29, 0.717) is 33.4 Å². The molecule has 27 heavy (non-hydrogen) atoms. The average molecular weight is 409 g/mol. The molecule has 3 rings (SSSR count). The van der Waals surface area contributed by atoms with E-state index in [2.05, 4.69) is 0 Å². The predicted molar refractivity (Wildman–Crippen MR) is 102 cm³/mol. The maximum Gasteiger partial charge on any atom is 0.226 e. The van der Waals surface area contributed by atoms with Crippen LogP contribution in [0.1, 0.15) is 30.0 Å². The Morgan fingerprint density at radius 2 is 1.63 bits per heavy atom. The normalized spacial score (nSPS) is 15.4. The van der Waals surface area contributed by atoms with Crippen LogP contribution in [0.25, 0.3) is 17.2 Å². The fourth-order valence-electron chi connectivity index (χ4n) is 3.12. The smallest absolute Gasteiger partial charge is 0.226 e. The Balaban J connectivity index is 2.15. The van der Waals surface area contributed by atoms with Gasteiger partial charge in [0, 0.05) is 12.7 Å². The molecular formula is C20H15ClF2O3S. The van der Waals surface area contributed by atoms with E-state index in [1.807, 2.05) is 0 Å². The van der Waals surface area contributed by atoms with Crippen molar-refractivity contribution in [3.05, 3.63) is 70.3 Å². The second kappa shape index (κ2) is 7.02. The third-order valence-electron chi connectivity index (χ3n) is 4.47. The third-order valence-corrected chi connectivity index (χ3v) is 5.73. The van der Waals surface area contributed by atoms with Gasteiger partial charge >= 0.3 is 0 Å². The van der Waals surface area contributed by atoms with E-state index in [9.17, 15) is 22.0 Å². The summed E-state index contributed by atoms with van der Waals surface area (Å²) in [5.74, 6) is -1.99. The minimum absolute atomic E-state index is 0.101. The molecule has 2 aromatic rings. The Morgan fingerprint density at radius 3 is 2.15 bits per heavy atom. The zero-order valence-electron chi connectivity index (χ0n) is 14.5. The summed E-state index contributed by atoms with van der Waals surface area (Å²) in [7, 11) is -3.31. The van der Waals surface area contributed by atoms with Gasteiger partial charge in [0.1, 0.15) is 0 Å². The van der Waals surface area contributed by atoms with Gasteiger partial charge in [0.05, 0.1) is 4.90 Å². The maximum absolute atomic E-state index is 13.8. The Kier molecular flexibility index (Phi) is 5.06. The lowest BCUT2D eigenvalue weighted by Crippen LogP contribution is -1.96. The van der Waals surface area contributed by atoms with Crippen LogP contribution in [-0.4, -0.2) is 19.9 Å². The summed E-state index contributed by atoms with van der Waals surface area (Å²) in [6.07, 6.45) is 2.76. The van der Waals surface area contributed by atoms with Gasteiger partial charge < -0.3 is 0 Å². The summed E-state index contributed by atoms with van der Waals surface area (Å²) in [6.45, 7) is 1.75. The van der Waals surface area contributed by atoms with E-state index in [1.165, 1.54) is 12.1 Å². The number of halogens is 3. The van der Waals surface area contributed by atoms with Crippen LogP contribution in [-0.2, 0) is 14.6 Å². The summed E-state index contributed by atoms with van der Waals surface area (Å²) < 4.78 is 50.7. The molecule has 0 amide bonds. The first-order chi connectivity index (χ1) is 12.6. The highest BCUT2D eigenvalue weighted by atomic mass is 35.5. The molecule has 0 atom stereocenters. The molecule has 7 heteroatoms. The van der Waals surface area contributed by atoms with Gasteiger partial charge in [0.25, 0.3) is 0 Å². The van der Waals surface area contributed by atoms with Crippen molar-refractivity contribution in [3.63, 3.8) is 0 Å². The summed E-state index contributed by atoms with van der Waals surface area (Å²) in [5.41, 5.74) is 3.44. The van der Waals surface area contributed by atoms with Crippen LogP contribution in [0.2, 0.25) is 0 Å². The number of fused-ring (bicyclic) bond motifs is 1. The highest BCUT2D eigenvalue weighted by Gasteiger charge is 2.27. The first-order valence-electron chi connectivity index (χ1n) is 7.98. The topological polar surface area (TPSA) is 51.2 Å². The number of rotatable bonds is 4. The van der Waals surface area contributed by atoms with Gasteiger partial charge in [-0.05, 0) is 82.3 Å². The lowest BCUT2D eigenvalue weighted by molar-refractivity contribution is -0.110. The van der Waals surface area contributed by atoms with E-state index < -0.39 is 26.7 Å². The van der Waals surface area contributed by atoms with Gasteiger partial charge in [-0.15, -0.1) is 0 Å². The number of hydrogen-bond acceptors (Lipinski definition) is 3. The van der Waals surface area contributed by atoms with Gasteiger partial charge in [-0.25, -0.2) is 17.2 Å². The van der Waals surface area contributed by atoms with E-state index in [1.54, 1.807) is 25.1 Å². The maximum atomic E-state index is 13.8. The van der Waals surface area contributed by atoms with Crippen molar-refractivity contribution in [2.24, 2.45) is 0 Å². The second-order valence-electron chi connectivity index (χ2n) is 6.35. The Hall–Kier alpha value is -2.31. The van der Waals surface area contributed by atoms with Crippen molar-refractivity contribution < 1.29 is 22.0 Å². The quantitative estimate of drug-likeness (QED) is 0.679. The summed E-state index contributed by atoms with van der Waals surface area (Å²) in [6, 6.07) is 8.37. The predicted octanol–water partition coefficient (Wildman–Crippen LogP) is 4.85. The van der Waals surface area contributed by atoms with Crippen LogP contribution in [0, 0.1) is 11.6 Å². The molecule has 0 saturated carbocycles. The molecule has 1 aliphatic carbocycles. The van der Waals surface area contributed by atoms with Crippen molar-refractivity contribution >= 4 is 43.9 Å². The molecule has 0 spiro atoms. The number of sulfone groups is 1. The lowest BCUT2D eigenvalue weighted by Gasteiger charge is -2.06. The number of hydrogen-bond donors (Lipinski definition) is 0. The lowest BCUT2D eigenvalue weighted by atomic mass is 10.0. The van der Waals surface area contributed by atoms with Crippen molar-refractivity contribution in [2.75, 3.05) is 6.26 Å². The number of benzene rings is 2. The monoisotopic (exact) mass is 408 g/mol. The van der Waals surface area contributed by atoms with Crippen molar-refractivity contribution in [1.82, 2.24) is 0 Å². The molecule has 0 aromatic heterocycles. The van der Waals surface area contributed by atoms with E-state index in [4.69, 9.17) is 11.6 Å². The molecule has 0 unspecified atom stereocenters. The molecule has 0 fully saturated rings. The molecule has 0 heterocycles. The molecule has 0 bridgehead atoms. The van der Waals surface area contributed by atoms with Crippen LogP contribution in [0.4, 0.5) is 8.78 Å². The van der Waals surface area contributed by atoms with Crippen LogP contribution in [0.5, 0.6) is 0 Å². The molecule has 0 radical (unpaired) electrons. The molecule has 140 valence electrons. The second-order valence-corrected chi connectivity index (χ2v) is 8.78. The third kappa shape index (κ3) is 3.87. The number of carbonyl (C=O) groups is 1. The van der Waals surface area contributed by atoms with Crippen LogP contribution < -0.4 is 0 Å². The molecular weight excluding hydrogens is 394 g/mol. The largest absolute Gasteiger partial charge is 0.281 e. The van der Waals surface area contributed by atoms with Crippen LogP contribution in [0.3, 0.4) is 0 Å². The van der Waals surface area contributed by atoms with Crippen molar-refractivity contribution in [2.45, 2.75) is 18.2 Å². The minimum atomic E-state index is -3.31. The molecule has 0 saturated heterocycles. The van der Waals surface area contributed by atoms with E-state index in [0.717, 1.165) is 18.4 Å². The highest BCUT2D eigenvalue weighted by molar-refractivity contribution is 7.90.